The molecular formula is C14H17F. The van der Waals surface area contributed by atoms with Gasteiger partial charge >= 0.3 is 0 Å². The van der Waals surface area contributed by atoms with Gasteiger partial charge in [0.05, 0.1) is 0 Å². The number of halogens is 1. The molecule has 0 amide bonds. The van der Waals surface area contributed by atoms with E-state index in [0.29, 0.717) is 11.8 Å². The standard InChI is InChI=1S/C14H17F/c1-4-5-6-11(2)12(3)13-7-9-14(15)10-8-13/h7-12H,4H2,1-3H3. The predicted octanol–water partition coefficient (Wildman–Crippen LogP) is 3.98. The van der Waals surface area contributed by atoms with E-state index < -0.39 is 0 Å². The average molecular weight is 204 g/mol. The van der Waals surface area contributed by atoms with E-state index in [0.717, 1.165) is 12.0 Å². The third kappa shape index (κ3) is 3.40. The molecule has 0 aliphatic heterocycles. The molecule has 0 bridgehead atoms. The molecular weight excluding hydrogens is 187 g/mol. The fraction of sp³-hybridized carbons (Fsp3) is 0.429. The van der Waals surface area contributed by atoms with Crippen molar-refractivity contribution in [1.82, 2.24) is 0 Å². The van der Waals surface area contributed by atoms with Crippen LogP contribution < -0.4 is 0 Å². The van der Waals surface area contributed by atoms with Crippen LogP contribution in [0.25, 0.3) is 0 Å². The highest BCUT2D eigenvalue weighted by molar-refractivity contribution is 5.23. The molecule has 0 heterocycles. The van der Waals surface area contributed by atoms with Crippen molar-refractivity contribution < 1.29 is 4.39 Å². The van der Waals surface area contributed by atoms with E-state index in [4.69, 9.17) is 0 Å². The minimum Gasteiger partial charge on any atom is -0.207 e. The van der Waals surface area contributed by atoms with Crippen molar-refractivity contribution in [3.05, 3.63) is 35.6 Å². The molecule has 0 fully saturated rings. The third-order valence-corrected chi connectivity index (χ3v) is 2.65. The van der Waals surface area contributed by atoms with Gasteiger partial charge in [-0.05, 0) is 23.6 Å². The fourth-order valence-electron chi connectivity index (χ4n) is 1.44. The molecule has 80 valence electrons. The smallest absolute Gasteiger partial charge is 0.123 e. The Hall–Kier alpha value is -1.29. The van der Waals surface area contributed by atoms with Crippen LogP contribution in [0.2, 0.25) is 0 Å². The van der Waals surface area contributed by atoms with Crippen LogP contribution in [0.3, 0.4) is 0 Å². The lowest BCUT2D eigenvalue weighted by atomic mass is 9.89. The lowest BCUT2D eigenvalue weighted by Crippen LogP contribution is -2.03. The van der Waals surface area contributed by atoms with Crippen molar-refractivity contribution in [2.75, 3.05) is 0 Å². The zero-order valence-electron chi connectivity index (χ0n) is 9.55. The molecule has 1 aromatic carbocycles. The first-order valence-electron chi connectivity index (χ1n) is 5.39. The van der Waals surface area contributed by atoms with Crippen LogP contribution in [-0.2, 0) is 0 Å². The summed E-state index contributed by atoms with van der Waals surface area (Å²) in [5, 5.41) is 0. The SMILES string of the molecule is CCC#CC(C)C(C)c1ccc(F)cc1. The molecule has 1 aromatic rings. The van der Waals surface area contributed by atoms with Gasteiger partial charge in [-0.1, -0.05) is 38.8 Å². The third-order valence-electron chi connectivity index (χ3n) is 2.65. The molecule has 0 N–H and O–H groups in total. The summed E-state index contributed by atoms with van der Waals surface area (Å²) in [4.78, 5) is 0. The van der Waals surface area contributed by atoms with Crippen molar-refractivity contribution in [1.29, 1.82) is 0 Å². The summed E-state index contributed by atoms with van der Waals surface area (Å²) in [6.45, 7) is 6.28. The number of hydrogen-bond acceptors (Lipinski definition) is 0. The van der Waals surface area contributed by atoms with E-state index in [1.54, 1.807) is 0 Å². The van der Waals surface area contributed by atoms with E-state index >= 15 is 0 Å². The van der Waals surface area contributed by atoms with Gasteiger partial charge in [0, 0.05) is 12.3 Å². The van der Waals surface area contributed by atoms with E-state index in [-0.39, 0.29) is 5.82 Å². The van der Waals surface area contributed by atoms with Gasteiger partial charge in [0.2, 0.25) is 0 Å². The first-order valence-corrected chi connectivity index (χ1v) is 5.39. The maximum atomic E-state index is 12.7. The Bertz CT molecular complexity index is 353. The van der Waals surface area contributed by atoms with Gasteiger partial charge < -0.3 is 0 Å². The molecule has 1 rings (SSSR count). The van der Waals surface area contributed by atoms with Gasteiger partial charge in [0.25, 0.3) is 0 Å². The van der Waals surface area contributed by atoms with Crippen LogP contribution in [0.1, 0.15) is 38.7 Å². The van der Waals surface area contributed by atoms with Crippen molar-refractivity contribution >= 4 is 0 Å². The second-order valence-electron chi connectivity index (χ2n) is 3.80. The lowest BCUT2D eigenvalue weighted by molar-refractivity contribution is 0.600. The Morgan fingerprint density at radius 3 is 2.33 bits per heavy atom. The summed E-state index contributed by atoms with van der Waals surface area (Å²) in [6.07, 6.45) is 0.889. The number of benzene rings is 1. The highest BCUT2D eigenvalue weighted by Gasteiger charge is 2.11. The monoisotopic (exact) mass is 204 g/mol. The predicted molar refractivity (Wildman–Crippen MR) is 62.0 cm³/mol. The normalized spacial score (nSPS) is 13.9. The maximum Gasteiger partial charge on any atom is 0.123 e. The zero-order chi connectivity index (χ0) is 11.3. The van der Waals surface area contributed by atoms with Crippen LogP contribution in [0.4, 0.5) is 4.39 Å². The Morgan fingerprint density at radius 1 is 1.20 bits per heavy atom. The Labute approximate surface area is 91.5 Å². The first-order chi connectivity index (χ1) is 7.15. The van der Waals surface area contributed by atoms with Crippen LogP contribution in [-0.4, -0.2) is 0 Å². The van der Waals surface area contributed by atoms with Gasteiger partial charge in [-0.3, -0.25) is 0 Å². The Morgan fingerprint density at radius 2 is 1.80 bits per heavy atom. The van der Waals surface area contributed by atoms with Gasteiger partial charge in [0.15, 0.2) is 0 Å². The summed E-state index contributed by atoms with van der Waals surface area (Å²) < 4.78 is 12.7. The van der Waals surface area contributed by atoms with Crippen molar-refractivity contribution in [2.45, 2.75) is 33.1 Å². The molecule has 2 atom stereocenters. The molecule has 0 aliphatic rings. The molecule has 1 heteroatoms. The lowest BCUT2D eigenvalue weighted by Gasteiger charge is -2.15. The molecule has 0 nitrogen and oxygen atoms in total. The highest BCUT2D eigenvalue weighted by atomic mass is 19.1. The Balaban J connectivity index is 2.75. The fourth-order valence-corrected chi connectivity index (χ4v) is 1.44. The quantitative estimate of drug-likeness (QED) is 0.639. The van der Waals surface area contributed by atoms with Crippen molar-refractivity contribution in [2.24, 2.45) is 5.92 Å². The van der Waals surface area contributed by atoms with Crippen molar-refractivity contribution in [3.63, 3.8) is 0 Å². The summed E-state index contributed by atoms with van der Waals surface area (Å²) in [5.41, 5.74) is 1.15. The van der Waals surface area contributed by atoms with E-state index in [1.807, 2.05) is 19.1 Å². The highest BCUT2D eigenvalue weighted by Crippen LogP contribution is 2.23. The summed E-state index contributed by atoms with van der Waals surface area (Å²) in [7, 11) is 0. The largest absolute Gasteiger partial charge is 0.207 e. The van der Waals surface area contributed by atoms with Gasteiger partial charge in [0.1, 0.15) is 5.82 Å². The molecule has 15 heavy (non-hydrogen) atoms. The number of rotatable bonds is 2. The van der Waals surface area contributed by atoms with Gasteiger partial charge in [-0.25, -0.2) is 4.39 Å². The number of hydrogen-bond donors (Lipinski definition) is 0. The van der Waals surface area contributed by atoms with Crippen LogP contribution >= 0.6 is 0 Å². The molecule has 0 aliphatic carbocycles. The van der Waals surface area contributed by atoms with Crippen LogP contribution in [0, 0.1) is 23.6 Å². The second-order valence-corrected chi connectivity index (χ2v) is 3.80. The maximum absolute atomic E-state index is 12.7. The van der Waals surface area contributed by atoms with Crippen molar-refractivity contribution in [3.8, 4) is 11.8 Å². The first kappa shape index (κ1) is 11.8. The minimum absolute atomic E-state index is 0.182. The molecule has 0 saturated heterocycles. The van der Waals surface area contributed by atoms with Crippen LogP contribution in [0.15, 0.2) is 24.3 Å². The molecule has 0 saturated carbocycles. The van der Waals surface area contributed by atoms with Gasteiger partial charge in [-0.15, -0.1) is 5.92 Å². The molecule has 2 unspecified atom stereocenters. The molecule has 0 spiro atoms. The second kappa shape index (κ2) is 5.56. The summed E-state index contributed by atoms with van der Waals surface area (Å²) in [5.74, 6) is 6.77. The van der Waals surface area contributed by atoms with E-state index in [1.165, 1.54) is 12.1 Å². The van der Waals surface area contributed by atoms with Gasteiger partial charge in [-0.2, -0.15) is 0 Å². The topological polar surface area (TPSA) is 0 Å². The minimum atomic E-state index is -0.182. The average Bonchev–Trinajstić information content (AvgIpc) is 2.26. The summed E-state index contributed by atoms with van der Waals surface area (Å²) in [6, 6.07) is 6.69. The van der Waals surface area contributed by atoms with Crippen LogP contribution in [0.5, 0.6) is 0 Å². The Kier molecular flexibility index (Phi) is 4.37. The zero-order valence-corrected chi connectivity index (χ0v) is 9.55. The van der Waals surface area contributed by atoms with E-state index in [9.17, 15) is 4.39 Å². The van der Waals surface area contributed by atoms with E-state index in [2.05, 4.69) is 25.7 Å². The molecule has 0 aromatic heterocycles. The summed E-state index contributed by atoms with van der Waals surface area (Å²) >= 11 is 0. The molecule has 0 radical (unpaired) electrons.